The lowest BCUT2D eigenvalue weighted by Gasteiger charge is -2.40. The predicted molar refractivity (Wildman–Crippen MR) is 69.3 cm³/mol. The van der Waals surface area contributed by atoms with Crippen molar-refractivity contribution in [3.05, 3.63) is 24.2 Å². The molecule has 0 saturated heterocycles. The van der Waals surface area contributed by atoms with Crippen LogP contribution in [0.5, 0.6) is 0 Å². The molecule has 2 rings (SSSR count). The van der Waals surface area contributed by atoms with Gasteiger partial charge in [-0.3, -0.25) is 0 Å². The second kappa shape index (κ2) is 5.43. The second-order valence-electron chi connectivity index (χ2n) is 5.96. The third kappa shape index (κ3) is 3.83. The van der Waals surface area contributed by atoms with Gasteiger partial charge in [0, 0.05) is 12.6 Å². The average molecular weight is 253 g/mol. The first-order valence-corrected chi connectivity index (χ1v) is 6.57. The lowest BCUT2D eigenvalue weighted by atomic mass is 9.88. The molecule has 1 aromatic rings. The Kier molecular flexibility index (Phi) is 4.10. The average Bonchev–Trinajstić information content (AvgIpc) is 2.72. The number of furan rings is 1. The number of aliphatic hydroxyl groups excluding tert-OH is 1. The molecule has 4 heteroatoms. The van der Waals surface area contributed by atoms with Crippen molar-refractivity contribution in [1.29, 1.82) is 0 Å². The van der Waals surface area contributed by atoms with Gasteiger partial charge in [0.1, 0.15) is 11.9 Å². The van der Waals surface area contributed by atoms with Gasteiger partial charge in [0.2, 0.25) is 0 Å². The van der Waals surface area contributed by atoms with Gasteiger partial charge in [0.05, 0.1) is 18.0 Å². The van der Waals surface area contributed by atoms with Crippen molar-refractivity contribution in [1.82, 2.24) is 5.32 Å². The van der Waals surface area contributed by atoms with Gasteiger partial charge < -0.3 is 19.6 Å². The van der Waals surface area contributed by atoms with E-state index in [0.717, 1.165) is 12.8 Å². The summed E-state index contributed by atoms with van der Waals surface area (Å²) >= 11 is 0. The molecule has 0 amide bonds. The highest BCUT2D eigenvalue weighted by Crippen LogP contribution is 2.28. The zero-order chi connectivity index (χ0) is 13.2. The lowest BCUT2D eigenvalue weighted by molar-refractivity contribution is -0.103. The van der Waals surface area contributed by atoms with E-state index in [0.29, 0.717) is 24.5 Å². The van der Waals surface area contributed by atoms with Crippen LogP contribution < -0.4 is 5.32 Å². The first-order chi connectivity index (χ1) is 8.44. The van der Waals surface area contributed by atoms with Gasteiger partial charge in [-0.05, 0) is 45.7 Å². The van der Waals surface area contributed by atoms with E-state index in [9.17, 15) is 5.11 Å². The Balaban J connectivity index is 1.63. The summed E-state index contributed by atoms with van der Waals surface area (Å²) in [5, 5.41) is 13.2. The number of aliphatic hydroxyl groups is 1. The van der Waals surface area contributed by atoms with E-state index in [1.54, 1.807) is 18.4 Å². The van der Waals surface area contributed by atoms with Crippen molar-refractivity contribution in [3.63, 3.8) is 0 Å². The normalized spacial score (nSPS) is 25.8. The molecule has 1 aliphatic carbocycles. The number of nitrogens with one attached hydrogen (secondary N) is 1. The van der Waals surface area contributed by atoms with Gasteiger partial charge in [-0.1, -0.05) is 0 Å². The maximum atomic E-state index is 9.84. The largest absolute Gasteiger partial charge is 0.467 e. The predicted octanol–water partition coefficient (Wildman–Crippen LogP) is 2.25. The molecule has 1 saturated carbocycles. The molecule has 1 atom stereocenters. The molecule has 1 heterocycles. The molecule has 0 bridgehead atoms. The molecule has 1 unspecified atom stereocenters. The molecule has 1 fully saturated rings. The van der Waals surface area contributed by atoms with Crippen molar-refractivity contribution in [3.8, 4) is 0 Å². The molecule has 1 aromatic heterocycles. The van der Waals surface area contributed by atoms with Gasteiger partial charge >= 0.3 is 0 Å². The van der Waals surface area contributed by atoms with Crippen molar-refractivity contribution in [2.24, 2.45) is 0 Å². The third-order valence-electron chi connectivity index (χ3n) is 3.09. The topological polar surface area (TPSA) is 54.6 Å². The zero-order valence-electron chi connectivity index (χ0n) is 11.3. The molecular formula is C14H23NO3. The molecular weight excluding hydrogens is 230 g/mol. The third-order valence-corrected chi connectivity index (χ3v) is 3.09. The lowest BCUT2D eigenvalue weighted by Crippen LogP contribution is -2.48. The number of hydrogen-bond acceptors (Lipinski definition) is 4. The van der Waals surface area contributed by atoms with Crippen LogP contribution in [0, 0.1) is 0 Å². The van der Waals surface area contributed by atoms with Gasteiger partial charge in [0.25, 0.3) is 0 Å². The number of ether oxygens (including phenoxy) is 1. The van der Waals surface area contributed by atoms with Crippen LogP contribution in [0.15, 0.2) is 22.8 Å². The fourth-order valence-electron chi connectivity index (χ4n) is 2.19. The van der Waals surface area contributed by atoms with Crippen LogP contribution in [0.1, 0.15) is 45.5 Å². The van der Waals surface area contributed by atoms with E-state index in [1.165, 1.54) is 0 Å². The molecule has 0 radical (unpaired) electrons. The van der Waals surface area contributed by atoms with E-state index in [2.05, 4.69) is 26.1 Å². The number of hydrogen-bond donors (Lipinski definition) is 2. The van der Waals surface area contributed by atoms with Gasteiger partial charge in [0.15, 0.2) is 0 Å². The highest BCUT2D eigenvalue weighted by atomic mass is 16.5. The van der Waals surface area contributed by atoms with Crippen molar-refractivity contribution < 1.29 is 14.3 Å². The first-order valence-electron chi connectivity index (χ1n) is 6.57. The molecule has 4 nitrogen and oxygen atoms in total. The summed E-state index contributed by atoms with van der Waals surface area (Å²) in [6, 6.07) is 4.02. The van der Waals surface area contributed by atoms with E-state index in [-0.39, 0.29) is 5.60 Å². The monoisotopic (exact) mass is 253 g/mol. The van der Waals surface area contributed by atoms with Crippen molar-refractivity contribution >= 4 is 0 Å². The summed E-state index contributed by atoms with van der Waals surface area (Å²) < 4.78 is 11.0. The van der Waals surface area contributed by atoms with Crippen LogP contribution in [0.2, 0.25) is 0 Å². The minimum atomic E-state index is -0.567. The summed E-state index contributed by atoms with van der Waals surface area (Å²) in [5.41, 5.74) is -0.0662. The maximum Gasteiger partial charge on any atom is 0.133 e. The van der Waals surface area contributed by atoms with E-state index >= 15 is 0 Å². The summed E-state index contributed by atoms with van der Waals surface area (Å²) in [5.74, 6) is 0.615. The summed E-state index contributed by atoms with van der Waals surface area (Å²) in [6.45, 7) is 6.76. The molecule has 18 heavy (non-hydrogen) atoms. The Morgan fingerprint density at radius 2 is 2.22 bits per heavy atom. The highest BCUT2D eigenvalue weighted by Gasteiger charge is 2.32. The van der Waals surface area contributed by atoms with Crippen molar-refractivity contribution in [2.45, 2.75) is 57.5 Å². The maximum absolute atomic E-state index is 9.84. The molecule has 102 valence electrons. The SMILES string of the molecule is CC(C)(C)OC1CC(NCC(O)c2ccco2)C1. The molecule has 0 aliphatic heterocycles. The summed E-state index contributed by atoms with van der Waals surface area (Å²) in [7, 11) is 0. The Labute approximate surface area is 108 Å². The van der Waals surface area contributed by atoms with Crippen LogP contribution in [0.25, 0.3) is 0 Å². The van der Waals surface area contributed by atoms with Crippen LogP contribution in [0.3, 0.4) is 0 Å². The molecule has 0 aromatic carbocycles. The standard InChI is InChI=1S/C14H23NO3/c1-14(2,3)18-11-7-10(8-11)15-9-12(16)13-5-4-6-17-13/h4-6,10-12,15-16H,7-9H2,1-3H3. The minimum absolute atomic E-state index is 0.0662. The second-order valence-corrected chi connectivity index (χ2v) is 5.96. The summed E-state index contributed by atoms with van der Waals surface area (Å²) in [6.07, 6.45) is 3.39. The quantitative estimate of drug-likeness (QED) is 0.845. The minimum Gasteiger partial charge on any atom is -0.467 e. The molecule has 2 N–H and O–H groups in total. The fourth-order valence-corrected chi connectivity index (χ4v) is 2.19. The molecule has 1 aliphatic rings. The van der Waals surface area contributed by atoms with Gasteiger partial charge in [-0.2, -0.15) is 0 Å². The van der Waals surface area contributed by atoms with Crippen LogP contribution in [-0.4, -0.2) is 29.4 Å². The number of rotatable bonds is 5. The van der Waals surface area contributed by atoms with E-state index in [1.807, 2.05) is 0 Å². The van der Waals surface area contributed by atoms with Crippen LogP contribution in [0.4, 0.5) is 0 Å². The van der Waals surface area contributed by atoms with Crippen molar-refractivity contribution in [2.75, 3.05) is 6.54 Å². The summed E-state index contributed by atoms with van der Waals surface area (Å²) in [4.78, 5) is 0. The van der Waals surface area contributed by atoms with Crippen LogP contribution in [-0.2, 0) is 4.74 Å². The van der Waals surface area contributed by atoms with E-state index < -0.39 is 6.10 Å². The fraction of sp³-hybridized carbons (Fsp3) is 0.714. The van der Waals surface area contributed by atoms with E-state index in [4.69, 9.17) is 9.15 Å². The Hall–Kier alpha value is -0.840. The highest BCUT2D eigenvalue weighted by molar-refractivity contribution is 5.02. The first kappa shape index (κ1) is 13.6. The van der Waals surface area contributed by atoms with Crippen LogP contribution >= 0.6 is 0 Å². The Morgan fingerprint density at radius 3 is 2.78 bits per heavy atom. The van der Waals surface area contributed by atoms with Gasteiger partial charge in [-0.15, -0.1) is 0 Å². The Bertz CT molecular complexity index is 350. The zero-order valence-corrected chi connectivity index (χ0v) is 11.3. The molecule has 0 spiro atoms. The Morgan fingerprint density at radius 1 is 1.50 bits per heavy atom. The van der Waals surface area contributed by atoms with Gasteiger partial charge in [-0.25, -0.2) is 0 Å². The smallest absolute Gasteiger partial charge is 0.133 e.